The molecule has 0 aliphatic heterocycles. The van der Waals surface area contributed by atoms with E-state index in [1.165, 1.54) is 0 Å². The summed E-state index contributed by atoms with van der Waals surface area (Å²) in [7, 11) is 0. The fourth-order valence-electron chi connectivity index (χ4n) is 2.36. The molecule has 5 nitrogen and oxygen atoms in total. The summed E-state index contributed by atoms with van der Waals surface area (Å²) in [5.74, 6) is -0.798. The van der Waals surface area contributed by atoms with E-state index in [4.69, 9.17) is 11.6 Å². The second-order valence-corrected chi connectivity index (χ2v) is 6.49. The summed E-state index contributed by atoms with van der Waals surface area (Å²) in [5, 5.41) is 1.29. The Kier molecular flexibility index (Phi) is 4.87. The van der Waals surface area contributed by atoms with E-state index in [1.807, 2.05) is 24.3 Å². The molecule has 1 heterocycles. The van der Waals surface area contributed by atoms with Gasteiger partial charge in [-0.25, -0.2) is 0 Å². The number of halogens is 2. The molecule has 0 saturated carbocycles. The summed E-state index contributed by atoms with van der Waals surface area (Å²) in [6, 6.07) is 12.6. The summed E-state index contributed by atoms with van der Waals surface area (Å²) < 4.78 is 0.724. The lowest BCUT2D eigenvalue weighted by atomic mass is 10.1. The number of aromatic nitrogens is 1. The van der Waals surface area contributed by atoms with E-state index in [2.05, 4.69) is 31.8 Å². The predicted molar refractivity (Wildman–Crippen MR) is 96.8 cm³/mol. The zero-order valence-electron chi connectivity index (χ0n) is 12.4. The number of benzene rings is 2. The number of carbonyl (C=O) groups is 2. The van der Waals surface area contributed by atoms with Gasteiger partial charge in [0.1, 0.15) is 0 Å². The summed E-state index contributed by atoms with van der Waals surface area (Å²) in [4.78, 5) is 27.3. The van der Waals surface area contributed by atoms with Gasteiger partial charge in [0.05, 0.1) is 17.0 Å². The highest BCUT2D eigenvalue weighted by Gasteiger charge is 2.13. The minimum atomic E-state index is -0.478. The number of hydrogen-bond acceptors (Lipinski definition) is 2. The molecule has 0 aliphatic rings. The fourth-order valence-corrected chi connectivity index (χ4v) is 2.92. The molecule has 3 aromatic rings. The number of hydrazine groups is 1. The van der Waals surface area contributed by atoms with Crippen molar-refractivity contribution in [2.75, 3.05) is 0 Å². The molecular weight excluding hydrogens is 394 g/mol. The summed E-state index contributed by atoms with van der Waals surface area (Å²) in [5.41, 5.74) is 6.88. The van der Waals surface area contributed by atoms with Gasteiger partial charge in [-0.1, -0.05) is 45.7 Å². The van der Waals surface area contributed by atoms with Gasteiger partial charge >= 0.3 is 0 Å². The maximum Gasteiger partial charge on any atom is 0.271 e. The fraction of sp³-hybridized carbons (Fsp3) is 0.0588. The molecule has 0 bridgehead atoms. The van der Waals surface area contributed by atoms with Crippen LogP contribution in [0.1, 0.15) is 15.9 Å². The molecule has 1 aromatic heterocycles. The van der Waals surface area contributed by atoms with Gasteiger partial charge in [0, 0.05) is 21.6 Å². The lowest BCUT2D eigenvalue weighted by molar-refractivity contribution is -0.121. The van der Waals surface area contributed by atoms with Crippen LogP contribution in [0.4, 0.5) is 0 Å². The third-order valence-electron chi connectivity index (χ3n) is 3.51. The Bertz CT molecular complexity index is 923. The topological polar surface area (TPSA) is 74.0 Å². The van der Waals surface area contributed by atoms with E-state index >= 15 is 0 Å². The van der Waals surface area contributed by atoms with E-state index in [9.17, 15) is 9.59 Å². The zero-order chi connectivity index (χ0) is 17.1. The van der Waals surface area contributed by atoms with Crippen molar-refractivity contribution < 1.29 is 9.59 Å². The number of amides is 2. The van der Waals surface area contributed by atoms with Crippen LogP contribution in [-0.2, 0) is 11.2 Å². The Labute approximate surface area is 151 Å². The largest absolute Gasteiger partial charge is 0.361 e. The highest BCUT2D eigenvalue weighted by Crippen LogP contribution is 2.21. The molecule has 2 aromatic carbocycles. The lowest BCUT2D eigenvalue weighted by Gasteiger charge is -2.08. The van der Waals surface area contributed by atoms with Crippen molar-refractivity contribution in [2.24, 2.45) is 0 Å². The normalized spacial score (nSPS) is 10.6. The maximum absolute atomic E-state index is 12.1. The first-order valence-corrected chi connectivity index (χ1v) is 8.31. The Hall–Kier alpha value is -2.31. The Morgan fingerprint density at radius 2 is 1.92 bits per heavy atom. The Balaban J connectivity index is 1.63. The minimum absolute atomic E-state index is 0.149. The summed E-state index contributed by atoms with van der Waals surface area (Å²) >= 11 is 9.27. The monoisotopic (exact) mass is 405 g/mol. The molecule has 3 rings (SSSR count). The first kappa shape index (κ1) is 16.5. The van der Waals surface area contributed by atoms with E-state index in [0.717, 1.165) is 20.9 Å². The second kappa shape index (κ2) is 7.07. The average molecular weight is 407 g/mol. The number of hydrogen-bond donors (Lipinski definition) is 3. The molecule has 0 spiro atoms. The SMILES string of the molecule is O=C(Cc1c[nH]c2ccccc12)NNC(=O)c1cc(Br)ccc1Cl. The van der Waals surface area contributed by atoms with Gasteiger partial charge in [-0.05, 0) is 29.8 Å². The number of nitrogens with one attached hydrogen (secondary N) is 3. The number of carbonyl (C=O) groups excluding carboxylic acids is 2. The Morgan fingerprint density at radius 1 is 1.12 bits per heavy atom. The minimum Gasteiger partial charge on any atom is -0.361 e. The molecule has 0 aliphatic carbocycles. The highest BCUT2D eigenvalue weighted by atomic mass is 79.9. The van der Waals surface area contributed by atoms with E-state index in [0.29, 0.717) is 5.02 Å². The standard InChI is InChI=1S/C17H13BrClN3O2/c18-11-5-6-14(19)13(8-11)17(24)22-21-16(23)7-10-9-20-15-4-2-1-3-12(10)15/h1-6,8-9,20H,7H2,(H,21,23)(H,22,24). The predicted octanol–water partition coefficient (Wildman–Crippen LogP) is 3.59. The van der Waals surface area contributed by atoms with Crippen LogP contribution in [0.15, 0.2) is 53.1 Å². The van der Waals surface area contributed by atoms with Gasteiger partial charge in [0.25, 0.3) is 5.91 Å². The van der Waals surface area contributed by atoms with Crippen molar-refractivity contribution in [3.63, 3.8) is 0 Å². The molecule has 0 radical (unpaired) electrons. The molecule has 3 N–H and O–H groups in total. The average Bonchev–Trinajstić information content (AvgIpc) is 2.98. The summed E-state index contributed by atoms with van der Waals surface area (Å²) in [6.45, 7) is 0. The molecular formula is C17H13BrClN3O2. The van der Waals surface area contributed by atoms with Crippen molar-refractivity contribution in [1.29, 1.82) is 0 Å². The van der Waals surface area contributed by atoms with E-state index in [-0.39, 0.29) is 17.9 Å². The van der Waals surface area contributed by atoms with Crippen LogP contribution in [0.2, 0.25) is 5.02 Å². The molecule has 0 fully saturated rings. The number of aromatic amines is 1. The quantitative estimate of drug-likeness (QED) is 0.582. The number of rotatable bonds is 3. The van der Waals surface area contributed by atoms with Crippen molar-refractivity contribution in [3.05, 3.63) is 69.3 Å². The maximum atomic E-state index is 12.1. The first-order chi connectivity index (χ1) is 11.5. The number of para-hydroxylation sites is 1. The van der Waals surface area contributed by atoms with Gasteiger partial charge in [-0.2, -0.15) is 0 Å². The molecule has 0 saturated heterocycles. The summed E-state index contributed by atoms with van der Waals surface area (Å²) in [6.07, 6.45) is 1.94. The van der Waals surface area contributed by atoms with Gasteiger partial charge in [0.2, 0.25) is 5.91 Å². The van der Waals surface area contributed by atoms with E-state index < -0.39 is 5.91 Å². The first-order valence-electron chi connectivity index (χ1n) is 7.14. The van der Waals surface area contributed by atoms with Gasteiger partial charge < -0.3 is 4.98 Å². The molecule has 24 heavy (non-hydrogen) atoms. The van der Waals surface area contributed by atoms with Gasteiger partial charge in [0.15, 0.2) is 0 Å². The van der Waals surface area contributed by atoms with Crippen LogP contribution in [-0.4, -0.2) is 16.8 Å². The smallest absolute Gasteiger partial charge is 0.271 e. The van der Waals surface area contributed by atoms with Crippen LogP contribution in [0.3, 0.4) is 0 Å². The molecule has 0 atom stereocenters. The van der Waals surface area contributed by atoms with Crippen LogP contribution in [0.5, 0.6) is 0 Å². The highest BCUT2D eigenvalue weighted by molar-refractivity contribution is 9.10. The van der Waals surface area contributed by atoms with Crippen LogP contribution in [0.25, 0.3) is 10.9 Å². The van der Waals surface area contributed by atoms with Gasteiger partial charge in [-0.3, -0.25) is 20.4 Å². The Morgan fingerprint density at radius 3 is 2.75 bits per heavy atom. The van der Waals surface area contributed by atoms with E-state index in [1.54, 1.807) is 24.4 Å². The third kappa shape index (κ3) is 3.60. The molecule has 0 unspecified atom stereocenters. The van der Waals surface area contributed by atoms with Crippen LogP contribution >= 0.6 is 27.5 Å². The lowest BCUT2D eigenvalue weighted by Crippen LogP contribution is -2.42. The van der Waals surface area contributed by atoms with Gasteiger partial charge in [-0.15, -0.1) is 0 Å². The number of H-pyrrole nitrogens is 1. The molecule has 2 amide bonds. The van der Waals surface area contributed by atoms with Crippen molar-refractivity contribution in [2.45, 2.75) is 6.42 Å². The molecule has 7 heteroatoms. The third-order valence-corrected chi connectivity index (χ3v) is 4.34. The van der Waals surface area contributed by atoms with Crippen molar-refractivity contribution in [3.8, 4) is 0 Å². The molecule has 122 valence electrons. The zero-order valence-corrected chi connectivity index (χ0v) is 14.7. The van der Waals surface area contributed by atoms with Crippen molar-refractivity contribution >= 4 is 50.2 Å². The second-order valence-electron chi connectivity index (χ2n) is 5.16. The van der Waals surface area contributed by atoms with Crippen LogP contribution < -0.4 is 10.9 Å². The van der Waals surface area contributed by atoms with Crippen molar-refractivity contribution in [1.82, 2.24) is 15.8 Å². The van der Waals surface area contributed by atoms with Crippen LogP contribution in [0, 0.1) is 0 Å². The number of fused-ring (bicyclic) bond motifs is 1.